The minimum atomic E-state index is -0.261. The Morgan fingerprint density at radius 3 is 2.61 bits per heavy atom. The van der Waals surface area contributed by atoms with Gasteiger partial charge < -0.3 is 15.6 Å². The van der Waals surface area contributed by atoms with Gasteiger partial charge in [0.15, 0.2) is 0 Å². The number of hydrogen-bond acceptors (Lipinski definition) is 4. The molecule has 0 radical (unpaired) electrons. The maximum Gasteiger partial charge on any atom is 0.206 e. The molecule has 0 saturated carbocycles. The lowest BCUT2D eigenvalue weighted by Crippen LogP contribution is -2.26. The van der Waals surface area contributed by atoms with E-state index in [4.69, 9.17) is 15.9 Å². The number of nitrogens with one attached hydrogen (secondary N) is 2. The van der Waals surface area contributed by atoms with Gasteiger partial charge in [0.05, 0.1) is 5.71 Å². The molecule has 0 bridgehead atoms. The molecule has 0 aliphatic rings. The number of rotatable bonds is 5. The number of aromatic hydroxyl groups is 1. The lowest BCUT2D eigenvalue weighted by Gasteiger charge is -2.13. The molecule has 0 spiro atoms. The highest BCUT2D eigenvalue weighted by Gasteiger charge is 2.12. The van der Waals surface area contributed by atoms with Crippen LogP contribution in [0.3, 0.4) is 0 Å². The molecule has 0 fully saturated rings. The van der Waals surface area contributed by atoms with E-state index >= 15 is 0 Å². The van der Waals surface area contributed by atoms with Crippen LogP contribution < -0.4 is 15.9 Å². The van der Waals surface area contributed by atoms with Crippen molar-refractivity contribution >= 4 is 11.7 Å². The van der Waals surface area contributed by atoms with E-state index in [0.717, 1.165) is 5.56 Å². The standard InChI is InChI=1S/C17H20N4O2/c1-11-15(23-10-13-6-4-3-5-7-13)9-8-14(16(11)22)12(2)20-21-17(18)19/h3-9,22H,10H2,1-2H3,(H4,18,19,21)/b20-12+. The van der Waals surface area contributed by atoms with Crippen molar-refractivity contribution < 1.29 is 9.84 Å². The largest absolute Gasteiger partial charge is 0.507 e. The van der Waals surface area contributed by atoms with Crippen LogP contribution in [0.15, 0.2) is 47.6 Å². The molecule has 23 heavy (non-hydrogen) atoms. The fraction of sp³-hybridized carbons (Fsp3) is 0.176. The van der Waals surface area contributed by atoms with Gasteiger partial charge in [-0.05, 0) is 31.5 Å². The Morgan fingerprint density at radius 1 is 1.26 bits per heavy atom. The van der Waals surface area contributed by atoms with Crippen LogP contribution in [0.25, 0.3) is 0 Å². The van der Waals surface area contributed by atoms with Crippen molar-refractivity contribution in [1.82, 2.24) is 5.43 Å². The monoisotopic (exact) mass is 312 g/mol. The molecular formula is C17H20N4O2. The fourth-order valence-corrected chi connectivity index (χ4v) is 2.07. The molecule has 0 heterocycles. The molecule has 0 atom stereocenters. The predicted octanol–water partition coefficient (Wildman–Crippen LogP) is 2.49. The number of nitrogens with zero attached hydrogens (tertiary/aromatic N) is 1. The summed E-state index contributed by atoms with van der Waals surface area (Å²) in [6.45, 7) is 3.93. The second kappa shape index (κ2) is 7.31. The van der Waals surface area contributed by atoms with Gasteiger partial charge in [-0.15, -0.1) is 0 Å². The number of hydrogen-bond donors (Lipinski definition) is 4. The van der Waals surface area contributed by atoms with E-state index in [1.54, 1.807) is 26.0 Å². The van der Waals surface area contributed by atoms with Crippen molar-refractivity contribution in [2.24, 2.45) is 10.8 Å². The summed E-state index contributed by atoms with van der Waals surface area (Å²) in [5.74, 6) is 0.452. The summed E-state index contributed by atoms with van der Waals surface area (Å²) in [6, 6.07) is 13.3. The van der Waals surface area contributed by atoms with Crippen LogP contribution >= 0.6 is 0 Å². The van der Waals surface area contributed by atoms with Crippen molar-refractivity contribution in [2.45, 2.75) is 20.5 Å². The summed E-state index contributed by atoms with van der Waals surface area (Å²) in [5.41, 5.74) is 10.3. The summed E-state index contributed by atoms with van der Waals surface area (Å²) in [7, 11) is 0. The third kappa shape index (κ3) is 4.23. The first-order valence-electron chi connectivity index (χ1n) is 7.13. The highest BCUT2D eigenvalue weighted by atomic mass is 16.5. The molecule has 2 aromatic rings. The van der Waals surface area contributed by atoms with Crippen LogP contribution in [0.4, 0.5) is 0 Å². The van der Waals surface area contributed by atoms with E-state index < -0.39 is 0 Å². The van der Waals surface area contributed by atoms with Crippen molar-refractivity contribution in [3.63, 3.8) is 0 Å². The quantitative estimate of drug-likeness (QED) is 0.387. The third-order valence-electron chi connectivity index (χ3n) is 3.35. The zero-order valence-corrected chi connectivity index (χ0v) is 13.1. The molecule has 0 saturated heterocycles. The summed E-state index contributed by atoms with van der Waals surface area (Å²) in [6.07, 6.45) is 0. The van der Waals surface area contributed by atoms with Gasteiger partial charge in [-0.25, -0.2) is 5.43 Å². The van der Waals surface area contributed by atoms with Gasteiger partial charge in [0, 0.05) is 11.1 Å². The molecule has 2 aromatic carbocycles. The number of phenols is 1. The number of guanidine groups is 1. The lowest BCUT2D eigenvalue weighted by atomic mass is 10.1. The van der Waals surface area contributed by atoms with E-state index in [-0.39, 0.29) is 11.7 Å². The fourth-order valence-electron chi connectivity index (χ4n) is 2.07. The molecule has 0 unspecified atom stereocenters. The van der Waals surface area contributed by atoms with Gasteiger partial charge in [-0.3, -0.25) is 5.41 Å². The molecule has 2 rings (SSSR count). The summed E-state index contributed by atoms with van der Waals surface area (Å²) < 4.78 is 5.77. The maximum absolute atomic E-state index is 10.3. The Kier molecular flexibility index (Phi) is 5.19. The second-order valence-electron chi connectivity index (χ2n) is 5.08. The Hall–Kier alpha value is -3.02. The minimum absolute atomic E-state index is 0.0992. The van der Waals surface area contributed by atoms with E-state index in [1.165, 1.54) is 0 Å². The van der Waals surface area contributed by atoms with Crippen molar-refractivity contribution in [3.8, 4) is 11.5 Å². The Balaban J connectivity index is 2.17. The number of ether oxygens (including phenoxy) is 1. The van der Waals surface area contributed by atoms with E-state index in [2.05, 4.69) is 10.5 Å². The van der Waals surface area contributed by atoms with Crippen molar-refractivity contribution in [3.05, 3.63) is 59.2 Å². The molecule has 6 heteroatoms. The van der Waals surface area contributed by atoms with Gasteiger partial charge in [0.25, 0.3) is 0 Å². The maximum atomic E-state index is 10.3. The molecule has 6 nitrogen and oxygen atoms in total. The van der Waals surface area contributed by atoms with Crippen molar-refractivity contribution in [1.29, 1.82) is 5.41 Å². The topological polar surface area (TPSA) is 104 Å². The van der Waals surface area contributed by atoms with E-state index in [0.29, 0.717) is 29.2 Å². The molecule has 0 aromatic heterocycles. The average molecular weight is 312 g/mol. The van der Waals surface area contributed by atoms with E-state index in [1.807, 2.05) is 30.3 Å². The van der Waals surface area contributed by atoms with Crippen LogP contribution in [0, 0.1) is 12.3 Å². The zero-order chi connectivity index (χ0) is 16.8. The lowest BCUT2D eigenvalue weighted by molar-refractivity contribution is 0.302. The van der Waals surface area contributed by atoms with Gasteiger partial charge >= 0.3 is 0 Å². The van der Waals surface area contributed by atoms with Crippen LogP contribution in [0.2, 0.25) is 0 Å². The van der Waals surface area contributed by atoms with Gasteiger partial charge in [0.1, 0.15) is 18.1 Å². The van der Waals surface area contributed by atoms with Crippen LogP contribution in [-0.2, 0) is 6.61 Å². The molecule has 0 aliphatic heterocycles. The Bertz CT molecular complexity index is 727. The molecule has 0 amide bonds. The summed E-state index contributed by atoms with van der Waals surface area (Å²) in [5, 5.41) is 21.4. The van der Waals surface area contributed by atoms with Crippen LogP contribution in [0.1, 0.15) is 23.6 Å². The number of nitrogens with two attached hydrogens (primary N) is 1. The van der Waals surface area contributed by atoms with Crippen LogP contribution in [-0.4, -0.2) is 16.8 Å². The minimum Gasteiger partial charge on any atom is -0.507 e. The normalized spacial score (nSPS) is 11.1. The summed E-state index contributed by atoms with van der Waals surface area (Å²) >= 11 is 0. The van der Waals surface area contributed by atoms with Crippen molar-refractivity contribution in [2.75, 3.05) is 0 Å². The third-order valence-corrected chi connectivity index (χ3v) is 3.35. The van der Waals surface area contributed by atoms with Gasteiger partial charge in [-0.2, -0.15) is 5.10 Å². The van der Waals surface area contributed by atoms with Gasteiger partial charge in [-0.1, -0.05) is 30.3 Å². The first-order valence-corrected chi connectivity index (χ1v) is 7.13. The average Bonchev–Trinajstić information content (AvgIpc) is 2.55. The van der Waals surface area contributed by atoms with E-state index in [9.17, 15) is 5.11 Å². The summed E-state index contributed by atoms with van der Waals surface area (Å²) in [4.78, 5) is 0. The smallest absolute Gasteiger partial charge is 0.206 e. The molecule has 120 valence electrons. The predicted molar refractivity (Wildman–Crippen MR) is 90.9 cm³/mol. The Morgan fingerprint density at radius 2 is 1.96 bits per heavy atom. The SMILES string of the molecule is C/C(=N\NC(=N)N)c1ccc(OCc2ccccc2)c(C)c1O. The number of hydrazone groups is 1. The first-order chi connectivity index (χ1) is 11.0. The second-order valence-corrected chi connectivity index (χ2v) is 5.08. The zero-order valence-electron chi connectivity index (χ0n) is 13.1. The molecule has 0 aliphatic carbocycles. The first kappa shape index (κ1) is 16.4. The van der Waals surface area contributed by atoms with Gasteiger partial charge in [0.2, 0.25) is 5.96 Å². The van der Waals surface area contributed by atoms with Crippen LogP contribution in [0.5, 0.6) is 11.5 Å². The number of benzene rings is 2. The highest BCUT2D eigenvalue weighted by molar-refractivity contribution is 6.02. The molecular weight excluding hydrogens is 292 g/mol. The number of phenolic OH excluding ortho intramolecular Hbond substituents is 1. The Labute approximate surface area is 135 Å². The molecule has 5 N–H and O–H groups in total. The highest BCUT2D eigenvalue weighted by Crippen LogP contribution is 2.31.